The van der Waals surface area contributed by atoms with Gasteiger partial charge in [0.15, 0.2) is 0 Å². The van der Waals surface area contributed by atoms with E-state index in [-0.39, 0.29) is 5.91 Å². The van der Waals surface area contributed by atoms with E-state index in [4.69, 9.17) is 9.26 Å². The van der Waals surface area contributed by atoms with Crippen molar-refractivity contribution in [3.63, 3.8) is 0 Å². The molecule has 0 saturated heterocycles. The summed E-state index contributed by atoms with van der Waals surface area (Å²) in [5, 5.41) is 4.00. The van der Waals surface area contributed by atoms with Gasteiger partial charge in [0.2, 0.25) is 5.91 Å². The molecule has 1 amide bonds. The van der Waals surface area contributed by atoms with Crippen molar-refractivity contribution in [1.82, 2.24) is 5.16 Å². The number of benzene rings is 3. The SMILES string of the molecule is Cc1noc(C)c1CCC(=O)N(Cc1ccc(OCc2ccccc2)cc1)c1ccccc1. The number of aromatic nitrogens is 1. The molecule has 0 aliphatic carbocycles. The van der Waals surface area contributed by atoms with Crippen LogP contribution in [0.3, 0.4) is 0 Å². The molecular formula is C28H28N2O3. The number of carbonyl (C=O) groups excluding carboxylic acids is 1. The first-order valence-corrected chi connectivity index (χ1v) is 11.1. The number of nitrogens with zero attached hydrogens (tertiary/aromatic N) is 2. The van der Waals surface area contributed by atoms with Crippen molar-refractivity contribution in [2.75, 3.05) is 4.90 Å². The molecule has 0 radical (unpaired) electrons. The van der Waals surface area contributed by atoms with Gasteiger partial charge in [-0.25, -0.2) is 0 Å². The van der Waals surface area contributed by atoms with Gasteiger partial charge in [0.25, 0.3) is 0 Å². The van der Waals surface area contributed by atoms with Crippen LogP contribution in [0.4, 0.5) is 5.69 Å². The van der Waals surface area contributed by atoms with Crippen LogP contribution in [0.5, 0.6) is 5.75 Å². The molecule has 4 aromatic rings. The summed E-state index contributed by atoms with van der Waals surface area (Å²) in [5.74, 6) is 1.64. The molecule has 33 heavy (non-hydrogen) atoms. The molecule has 0 bridgehead atoms. The van der Waals surface area contributed by atoms with E-state index in [2.05, 4.69) is 5.16 Å². The fourth-order valence-electron chi connectivity index (χ4n) is 3.77. The van der Waals surface area contributed by atoms with Crippen LogP contribution >= 0.6 is 0 Å². The van der Waals surface area contributed by atoms with Crippen LogP contribution in [0.2, 0.25) is 0 Å². The van der Waals surface area contributed by atoms with Crippen molar-refractivity contribution < 1.29 is 14.1 Å². The first-order chi connectivity index (χ1) is 16.1. The molecule has 168 valence electrons. The maximum Gasteiger partial charge on any atom is 0.227 e. The molecule has 0 saturated carbocycles. The Morgan fingerprint density at radius 2 is 1.55 bits per heavy atom. The topological polar surface area (TPSA) is 55.6 Å². The first kappa shape index (κ1) is 22.3. The molecule has 4 rings (SSSR count). The lowest BCUT2D eigenvalue weighted by molar-refractivity contribution is -0.118. The second-order valence-corrected chi connectivity index (χ2v) is 8.04. The number of anilines is 1. The van der Waals surface area contributed by atoms with Crippen molar-refractivity contribution in [1.29, 1.82) is 0 Å². The van der Waals surface area contributed by atoms with Crippen molar-refractivity contribution in [3.8, 4) is 5.75 Å². The first-order valence-electron chi connectivity index (χ1n) is 11.1. The molecule has 0 atom stereocenters. The van der Waals surface area contributed by atoms with Gasteiger partial charge in [0, 0.05) is 17.7 Å². The molecule has 1 aromatic heterocycles. The van der Waals surface area contributed by atoms with Crippen LogP contribution in [0.1, 0.15) is 34.6 Å². The number of ether oxygens (including phenoxy) is 1. The Balaban J connectivity index is 1.43. The molecule has 0 fully saturated rings. The Kier molecular flexibility index (Phi) is 7.20. The minimum Gasteiger partial charge on any atom is -0.489 e. The Hall–Kier alpha value is -3.86. The van der Waals surface area contributed by atoms with Crippen LogP contribution in [-0.4, -0.2) is 11.1 Å². The molecule has 1 heterocycles. The minimum atomic E-state index is 0.0607. The number of hydrogen-bond acceptors (Lipinski definition) is 4. The van der Waals surface area contributed by atoms with E-state index in [0.29, 0.717) is 26.0 Å². The van der Waals surface area contributed by atoms with Gasteiger partial charge < -0.3 is 14.2 Å². The maximum absolute atomic E-state index is 13.2. The number of para-hydroxylation sites is 1. The third-order valence-corrected chi connectivity index (χ3v) is 5.65. The fraction of sp³-hybridized carbons (Fsp3) is 0.214. The number of amides is 1. The van der Waals surface area contributed by atoms with Crippen molar-refractivity contribution in [2.45, 2.75) is 39.8 Å². The van der Waals surface area contributed by atoms with Gasteiger partial charge in [0.05, 0.1) is 12.2 Å². The van der Waals surface area contributed by atoms with Gasteiger partial charge in [-0.1, -0.05) is 65.8 Å². The third kappa shape index (κ3) is 5.89. The highest BCUT2D eigenvalue weighted by Gasteiger charge is 2.18. The Morgan fingerprint density at radius 3 is 2.18 bits per heavy atom. The molecule has 5 nitrogen and oxygen atoms in total. The molecule has 0 spiro atoms. The van der Waals surface area contributed by atoms with E-state index < -0.39 is 0 Å². The number of carbonyl (C=O) groups is 1. The third-order valence-electron chi connectivity index (χ3n) is 5.65. The molecule has 3 aromatic carbocycles. The summed E-state index contributed by atoms with van der Waals surface area (Å²) in [4.78, 5) is 15.1. The predicted octanol–water partition coefficient (Wildman–Crippen LogP) is 6.04. The summed E-state index contributed by atoms with van der Waals surface area (Å²) in [6.45, 7) is 4.81. The average Bonchev–Trinajstić information content (AvgIpc) is 3.18. The van der Waals surface area contributed by atoms with Crippen molar-refractivity contribution in [3.05, 3.63) is 113 Å². The highest BCUT2D eigenvalue weighted by molar-refractivity contribution is 5.93. The van der Waals surface area contributed by atoms with Gasteiger partial charge >= 0.3 is 0 Å². The summed E-state index contributed by atoms with van der Waals surface area (Å²) in [6, 6.07) is 27.8. The second-order valence-electron chi connectivity index (χ2n) is 8.04. The molecule has 0 aliphatic rings. The summed E-state index contributed by atoms with van der Waals surface area (Å²) < 4.78 is 11.1. The van der Waals surface area contributed by atoms with E-state index in [1.165, 1.54) is 0 Å². The summed E-state index contributed by atoms with van der Waals surface area (Å²) >= 11 is 0. The predicted molar refractivity (Wildman–Crippen MR) is 129 cm³/mol. The van der Waals surface area contributed by atoms with E-state index >= 15 is 0 Å². The summed E-state index contributed by atoms with van der Waals surface area (Å²) in [5.41, 5.74) is 4.90. The molecule has 0 N–H and O–H groups in total. The van der Waals surface area contributed by atoms with Gasteiger partial charge in [-0.05, 0) is 55.7 Å². The zero-order chi connectivity index (χ0) is 23.0. The highest BCUT2D eigenvalue weighted by atomic mass is 16.5. The van der Waals surface area contributed by atoms with E-state index in [1.54, 1.807) is 0 Å². The van der Waals surface area contributed by atoms with Crippen LogP contribution in [0.25, 0.3) is 0 Å². The monoisotopic (exact) mass is 440 g/mol. The Morgan fingerprint density at radius 1 is 0.879 bits per heavy atom. The molecule has 5 heteroatoms. The number of hydrogen-bond donors (Lipinski definition) is 0. The lowest BCUT2D eigenvalue weighted by Gasteiger charge is -2.23. The summed E-state index contributed by atoms with van der Waals surface area (Å²) in [7, 11) is 0. The van der Waals surface area contributed by atoms with Gasteiger partial charge in [-0.2, -0.15) is 0 Å². The van der Waals surface area contributed by atoms with Crippen molar-refractivity contribution in [2.24, 2.45) is 0 Å². The smallest absolute Gasteiger partial charge is 0.227 e. The second kappa shape index (κ2) is 10.6. The lowest BCUT2D eigenvalue weighted by atomic mass is 10.1. The van der Waals surface area contributed by atoms with Gasteiger partial charge in [-0.15, -0.1) is 0 Å². The van der Waals surface area contributed by atoms with E-state index in [1.807, 2.05) is 104 Å². The van der Waals surface area contributed by atoms with Crippen LogP contribution in [0, 0.1) is 13.8 Å². The summed E-state index contributed by atoms with van der Waals surface area (Å²) in [6.07, 6.45) is 0.992. The van der Waals surface area contributed by atoms with Crippen LogP contribution in [-0.2, 0) is 24.4 Å². The average molecular weight is 441 g/mol. The van der Waals surface area contributed by atoms with Crippen LogP contribution in [0.15, 0.2) is 89.5 Å². The Bertz CT molecular complexity index is 1150. The standard InChI is InChI=1S/C28H28N2O3/c1-21-27(22(2)33-29-21)17-18-28(31)30(25-11-7-4-8-12-25)19-23-13-15-26(16-14-23)32-20-24-9-5-3-6-10-24/h3-16H,17-20H2,1-2H3. The quantitative estimate of drug-likeness (QED) is 0.319. The zero-order valence-electron chi connectivity index (χ0n) is 19.0. The van der Waals surface area contributed by atoms with Gasteiger partial charge in [-0.3, -0.25) is 4.79 Å². The van der Waals surface area contributed by atoms with E-state index in [0.717, 1.165) is 39.6 Å². The molecular weight excluding hydrogens is 412 g/mol. The van der Waals surface area contributed by atoms with Crippen LogP contribution < -0.4 is 9.64 Å². The number of rotatable bonds is 9. The normalized spacial score (nSPS) is 10.7. The highest BCUT2D eigenvalue weighted by Crippen LogP contribution is 2.22. The van der Waals surface area contributed by atoms with Gasteiger partial charge in [0.1, 0.15) is 18.1 Å². The molecule has 0 unspecified atom stereocenters. The fourth-order valence-corrected chi connectivity index (χ4v) is 3.77. The minimum absolute atomic E-state index is 0.0607. The largest absolute Gasteiger partial charge is 0.489 e. The number of aryl methyl sites for hydroxylation is 2. The molecule has 0 aliphatic heterocycles. The van der Waals surface area contributed by atoms with Crippen molar-refractivity contribution >= 4 is 11.6 Å². The van der Waals surface area contributed by atoms with E-state index in [9.17, 15) is 4.79 Å². The zero-order valence-corrected chi connectivity index (χ0v) is 19.0. The lowest BCUT2D eigenvalue weighted by Crippen LogP contribution is -2.30. The maximum atomic E-state index is 13.2. The Labute approximate surface area is 194 Å².